The number of carbonyl (C=O) groups is 2. The van der Waals surface area contributed by atoms with Crippen LogP contribution in [0.4, 0.5) is 0 Å². The van der Waals surface area contributed by atoms with Crippen molar-refractivity contribution in [2.75, 3.05) is 14.1 Å². The topological polar surface area (TPSA) is 117 Å². The molecule has 140 valence electrons. The number of nitrogens with zero attached hydrogens (tertiary/aromatic N) is 1. The number of benzene rings is 1. The highest BCUT2D eigenvalue weighted by molar-refractivity contribution is 7.88. The highest BCUT2D eigenvalue weighted by Gasteiger charge is 2.25. The molecule has 0 fully saturated rings. The molecule has 0 saturated carbocycles. The number of aliphatic carboxylic acids is 1. The minimum Gasteiger partial charge on any atom is -0.481 e. The van der Waals surface area contributed by atoms with Crippen LogP contribution in [0.5, 0.6) is 0 Å². The van der Waals surface area contributed by atoms with E-state index >= 15 is 0 Å². The molecule has 2 N–H and O–H groups in total. The van der Waals surface area contributed by atoms with Gasteiger partial charge in [0.25, 0.3) is 15.9 Å². The van der Waals surface area contributed by atoms with Gasteiger partial charge in [0, 0.05) is 20.2 Å². The van der Waals surface area contributed by atoms with E-state index in [0.29, 0.717) is 5.56 Å². The van der Waals surface area contributed by atoms with Gasteiger partial charge in [-0.05, 0) is 18.1 Å². The molecule has 2 rings (SSSR count). The number of sulfonamides is 1. The Morgan fingerprint density at radius 1 is 1.27 bits per heavy atom. The van der Waals surface area contributed by atoms with Gasteiger partial charge in [-0.3, -0.25) is 9.59 Å². The molecule has 1 atom stereocenters. The van der Waals surface area contributed by atoms with Gasteiger partial charge in [0.1, 0.15) is 6.26 Å². The lowest BCUT2D eigenvalue weighted by Crippen LogP contribution is -2.30. The van der Waals surface area contributed by atoms with E-state index < -0.39 is 27.9 Å². The second kappa shape index (κ2) is 7.71. The number of hydrogen-bond donors (Lipinski definition) is 2. The largest absolute Gasteiger partial charge is 0.481 e. The average molecular weight is 380 g/mol. The third-order valence-corrected chi connectivity index (χ3v) is 5.50. The van der Waals surface area contributed by atoms with Crippen molar-refractivity contribution in [3.05, 3.63) is 53.3 Å². The van der Waals surface area contributed by atoms with Crippen LogP contribution in [0.1, 0.15) is 33.9 Å². The number of aryl methyl sites for hydroxylation is 1. The summed E-state index contributed by atoms with van der Waals surface area (Å²) in [6.45, 7) is 1.82. The van der Waals surface area contributed by atoms with Crippen molar-refractivity contribution < 1.29 is 27.5 Å². The second-order valence-electron chi connectivity index (χ2n) is 5.92. The number of furan rings is 1. The molecule has 1 amide bonds. The molecule has 8 nitrogen and oxygen atoms in total. The minimum absolute atomic E-state index is 0.00519. The maximum atomic E-state index is 12.5. The van der Waals surface area contributed by atoms with Crippen LogP contribution >= 0.6 is 0 Å². The van der Waals surface area contributed by atoms with Crippen LogP contribution in [0, 0.1) is 6.92 Å². The molecule has 1 aromatic carbocycles. The first-order valence-corrected chi connectivity index (χ1v) is 9.16. The Morgan fingerprint density at radius 2 is 1.92 bits per heavy atom. The van der Waals surface area contributed by atoms with Crippen molar-refractivity contribution in [3.8, 4) is 0 Å². The first-order valence-electron chi connectivity index (χ1n) is 7.72. The molecule has 0 bridgehead atoms. The third-order valence-electron chi connectivity index (χ3n) is 3.82. The molecule has 0 saturated heterocycles. The Labute approximate surface area is 151 Å². The standard InChI is InChI=1S/C17H20N2O6S/c1-11-6-4-5-7-13(11)14(9-15(20)21)18-17(22)12-8-16(25-10-12)26(23,24)19(2)3/h4-8,10,14H,9H2,1-3H3,(H,18,22)(H,20,21). The zero-order chi connectivity index (χ0) is 19.5. The average Bonchev–Trinajstić information content (AvgIpc) is 3.05. The Bertz CT molecular complexity index is 917. The van der Waals surface area contributed by atoms with Crippen molar-refractivity contribution in [2.45, 2.75) is 24.5 Å². The number of hydrogen-bond acceptors (Lipinski definition) is 5. The Balaban J connectivity index is 2.27. The fraction of sp³-hybridized carbons (Fsp3) is 0.294. The first-order chi connectivity index (χ1) is 12.1. The molecule has 0 radical (unpaired) electrons. The van der Waals surface area contributed by atoms with Crippen LogP contribution in [0.15, 0.2) is 46.1 Å². The lowest BCUT2D eigenvalue weighted by molar-refractivity contribution is -0.137. The molecule has 1 aromatic heterocycles. The van der Waals surface area contributed by atoms with Gasteiger partial charge in [-0.15, -0.1) is 0 Å². The number of carbonyl (C=O) groups excluding carboxylic acids is 1. The van der Waals surface area contributed by atoms with Crippen LogP contribution < -0.4 is 5.32 Å². The zero-order valence-electron chi connectivity index (χ0n) is 14.6. The first kappa shape index (κ1) is 19.7. The van der Waals surface area contributed by atoms with Gasteiger partial charge in [-0.25, -0.2) is 12.7 Å². The molecule has 2 aromatic rings. The number of carboxylic acids is 1. The lowest BCUT2D eigenvalue weighted by atomic mass is 9.98. The lowest BCUT2D eigenvalue weighted by Gasteiger charge is -2.19. The molecule has 0 spiro atoms. The number of rotatable bonds is 7. The number of carboxylic acid groups (broad SMARTS) is 1. The summed E-state index contributed by atoms with van der Waals surface area (Å²) >= 11 is 0. The van der Waals surface area contributed by atoms with E-state index in [0.717, 1.165) is 22.2 Å². The van der Waals surface area contributed by atoms with Gasteiger partial charge in [0.2, 0.25) is 5.09 Å². The van der Waals surface area contributed by atoms with E-state index in [4.69, 9.17) is 9.52 Å². The van der Waals surface area contributed by atoms with Crippen LogP contribution in [-0.2, 0) is 14.8 Å². The minimum atomic E-state index is -3.80. The molecule has 1 heterocycles. The van der Waals surface area contributed by atoms with Gasteiger partial charge in [0.15, 0.2) is 0 Å². The van der Waals surface area contributed by atoms with Gasteiger partial charge in [-0.1, -0.05) is 24.3 Å². The number of amides is 1. The van der Waals surface area contributed by atoms with Crippen molar-refractivity contribution >= 4 is 21.9 Å². The summed E-state index contributed by atoms with van der Waals surface area (Å²) in [4.78, 5) is 23.6. The summed E-state index contributed by atoms with van der Waals surface area (Å²) in [7, 11) is -1.11. The molecule has 0 aliphatic carbocycles. The molecule has 0 aliphatic heterocycles. The predicted molar refractivity (Wildman–Crippen MR) is 93.2 cm³/mol. The van der Waals surface area contributed by atoms with Gasteiger partial charge in [-0.2, -0.15) is 0 Å². The van der Waals surface area contributed by atoms with Gasteiger partial charge in [0.05, 0.1) is 18.0 Å². The summed E-state index contributed by atoms with van der Waals surface area (Å²) in [5.74, 6) is -1.69. The summed E-state index contributed by atoms with van der Waals surface area (Å²) < 4.78 is 30.0. The molecule has 9 heteroatoms. The SMILES string of the molecule is Cc1ccccc1C(CC(=O)O)NC(=O)c1coc(S(=O)(=O)N(C)C)c1. The monoisotopic (exact) mass is 380 g/mol. The maximum Gasteiger partial charge on any atom is 0.305 e. The highest BCUT2D eigenvalue weighted by atomic mass is 32.2. The van der Waals surface area contributed by atoms with E-state index in [1.165, 1.54) is 14.1 Å². The fourth-order valence-electron chi connectivity index (χ4n) is 2.38. The third kappa shape index (κ3) is 4.30. The highest BCUT2D eigenvalue weighted by Crippen LogP contribution is 2.22. The molecular formula is C17H20N2O6S. The smallest absolute Gasteiger partial charge is 0.305 e. The van der Waals surface area contributed by atoms with Crippen LogP contribution in [0.2, 0.25) is 0 Å². The maximum absolute atomic E-state index is 12.5. The number of nitrogens with one attached hydrogen (secondary N) is 1. The van der Waals surface area contributed by atoms with Crippen LogP contribution in [0.25, 0.3) is 0 Å². The van der Waals surface area contributed by atoms with Crippen molar-refractivity contribution in [1.82, 2.24) is 9.62 Å². The molecule has 26 heavy (non-hydrogen) atoms. The van der Waals surface area contributed by atoms with E-state index in [1.54, 1.807) is 12.1 Å². The van der Waals surface area contributed by atoms with Crippen LogP contribution in [-0.4, -0.2) is 43.8 Å². The summed E-state index contributed by atoms with van der Waals surface area (Å²) in [6.07, 6.45) is 0.721. The fourth-order valence-corrected chi connectivity index (χ4v) is 3.19. The summed E-state index contributed by atoms with van der Waals surface area (Å²) in [6, 6.07) is 7.47. The zero-order valence-corrected chi connectivity index (χ0v) is 15.4. The molecule has 1 unspecified atom stereocenters. The molecular weight excluding hydrogens is 360 g/mol. The Kier molecular flexibility index (Phi) is 5.83. The Morgan fingerprint density at radius 3 is 2.50 bits per heavy atom. The van der Waals surface area contributed by atoms with Crippen LogP contribution in [0.3, 0.4) is 0 Å². The van der Waals surface area contributed by atoms with E-state index in [2.05, 4.69) is 5.32 Å². The van der Waals surface area contributed by atoms with E-state index in [9.17, 15) is 18.0 Å². The van der Waals surface area contributed by atoms with Crippen molar-refractivity contribution in [3.63, 3.8) is 0 Å². The Hall–Kier alpha value is -2.65. The van der Waals surface area contributed by atoms with Crippen molar-refractivity contribution in [1.29, 1.82) is 0 Å². The van der Waals surface area contributed by atoms with Gasteiger partial charge < -0.3 is 14.8 Å². The predicted octanol–water partition coefficient (Wildman–Crippen LogP) is 1.78. The van der Waals surface area contributed by atoms with Gasteiger partial charge >= 0.3 is 5.97 Å². The normalized spacial score (nSPS) is 12.8. The van der Waals surface area contributed by atoms with Crippen molar-refractivity contribution in [2.24, 2.45) is 0 Å². The summed E-state index contributed by atoms with van der Waals surface area (Å²) in [5, 5.41) is 11.4. The summed E-state index contributed by atoms with van der Waals surface area (Å²) in [5.41, 5.74) is 1.50. The van der Waals surface area contributed by atoms with E-state index in [-0.39, 0.29) is 17.1 Å². The quantitative estimate of drug-likeness (QED) is 0.756. The molecule has 0 aliphatic rings. The van der Waals surface area contributed by atoms with E-state index in [1.807, 2.05) is 19.1 Å². The second-order valence-corrected chi connectivity index (χ2v) is 8.01.